The largest absolute Gasteiger partial charge is 0.494 e. The van der Waals surface area contributed by atoms with E-state index in [2.05, 4.69) is 11.9 Å². The summed E-state index contributed by atoms with van der Waals surface area (Å²) < 4.78 is 11.1. The fourth-order valence-electron chi connectivity index (χ4n) is 2.73. The summed E-state index contributed by atoms with van der Waals surface area (Å²) in [5.41, 5.74) is 1.03. The first-order valence-corrected chi connectivity index (χ1v) is 8.91. The lowest BCUT2D eigenvalue weighted by molar-refractivity contribution is 0.304. The Balaban J connectivity index is 1.65. The van der Waals surface area contributed by atoms with Crippen LogP contribution in [0.5, 0.6) is 5.75 Å². The van der Waals surface area contributed by atoms with Gasteiger partial charge in [0.1, 0.15) is 5.75 Å². The molecule has 4 heteroatoms. The third kappa shape index (κ3) is 4.47. The molecule has 0 N–H and O–H groups in total. The first-order chi connectivity index (χ1) is 12.3. The van der Waals surface area contributed by atoms with Crippen molar-refractivity contribution < 1.29 is 9.15 Å². The van der Waals surface area contributed by atoms with Gasteiger partial charge in [-0.1, -0.05) is 44.7 Å². The third-order valence-electron chi connectivity index (χ3n) is 4.15. The summed E-state index contributed by atoms with van der Waals surface area (Å²) >= 11 is 0. The Morgan fingerprint density at radius 3 is 2.52 bits per heavy atom. The molecule has 0 aliphatic rings. The Bertz CT molecular complexity index is 868. The summed E-state index contributed by atoms with van der Waals surface area (Å²) in [4.78, 5) is 16.5. The Labute approximate surface area is 147 Å². The summed E-state index contributed by atoms with van der Waals surface area (Å²) in [6.07, 6.45) is 6.09. The molecule has 25 heavy (non-hydrogen) atoms. The van der Waals surface area contributed by atoms with Crippen LogP contribution >= 0.6 is 0 Å². The van der Waals surface area contributed by atoms with Gasteiger partial charge in [-0.15, -0.1) is 0 Å². The number of aromatic nitrogens is 1. The third-order valence-corrected chi connectivity index (χ3v) is 4.15. The number of para-hydroxylation sites is 1. The average Bonchev–Trinajstić information content (AvgIpc) is 2.65. The number of fused-ring (bicyclic) bond motifs is 1. The molecule has 0 aliphatic carbocycles. The Kier molecular flexibility index (Phi) is 5.83. The van der Waals surface area contributed by atoms with Gasteiger partial charge in [0.05, 0.1) is 17.5 Å². The van der Waals surface area contributed by atoms with Crippen molar-refractivity contribution >= 4 is 10.9 Å². The monoisotopic (exact) mass is 337 g/mol. The molecule has 4 nitrogen and oxygen atoms in total. The van der Waals surface area contributed by atoms with Gasteiger partial charge < -0.3 is 9.15 Å². The lowest BCUT2D eigenvalue weighted by atomic mass is 10.2. The van der Waals surface area contributed by atoms with E-state index in [4.69, 9.17) is 9.15 Å². The minimum atomic E-state index is -0.368. The van der Waals surface area contributed by atoms with E-state index in [-0.39, 0.29) is 5.63 Å². The predicted molar refractivity (Wildman–Crippen MR) is 100.0 cm³/mol. The first-order valence-electron chi connectivity index (χ1n) is 8.91. The van der Waals surface area contributed by atoms with Crippen LogP contribution in [0.2, 0.25) is 0 Å². The van der Waals surface area contributed by atoms with Crippen molar-refractivity contribution in [1.29, 1.82) is 0 Å². The Morgan fingerprint density at radius 2 is 1.72 bits per heavy atom. The van der Waals surface area contributed by atoms with Crippen LogP contribution < -0.4 is 10.4 Å². The fourth-order valence-corrected chi connectivity index (χ4v) is 2.73. The first kappa shape index (κ1) is 17.2. The second kappa shape index (κ2) is 8.47. The summed E-state index contributed by atoms with van der Waals surface area (Å²) in [6, 6.07) is 14.7. The van der Waals surface area contributed by atoms with E-state index in [1.165, 1.54) is 25.7 Å². The van der Waals surface area contributed by atoms with Crippen molar-refractivity contribution in [3.05, 3.63) is 59.0 Å². The van der Waals surface area contributed by atoms with Crippen molar-refractivity contribution in [1.82, 2.24) is 4.98 Å². The van der Waals surface area contributed by atoms with E-state index >= 15 is 0 Å². The summed E-state index contributed by atoms with van der Waals surface area (Å²) in [5.74, 6) is 1.15. The fraction of sp³-hybridized carbons (Fsp3) is 0.333. The zero-order valence-electron chi connectivity index (χ0n) is 14.5. The standard InChI is InChI=1S/C21H23NO3/c1-2-3-4-5-8-15-24-17-13-11-16(12-14-17)20-22-19-10-7-6-9-18(19)21(23)25-20/h6-7,9-14H,2-5,8,15H2,1H3. The Hall–Kier alpha value is -2.62. The molecule has 0 radical (unpaired) electrons. The lowest BCUT2D eigenvalue weighted by Gasteiger charge is -2.07. The normalized spacial score (nSPS) is 10.9. The van der Waals surface area contributed by atoms with Crippen LogP contribution in [0.4, 0.5) is 0 Å². The molecule has 130 valence electrons. The number of rotatable bonds is 8. The molecule has 0 fully saturated rings. The zero-order chi connectivity index (χ0) is 17.5. The van der Waals surface area contributed by atoms with Gasteiger partial charge in [-0.2, -0.15) is 0 Å². The highest BCUT2D eigenvalue weighted by Crippen LogP contribution is 2.22. The van der Waals surface area contributed by atoms with Gasteiger partial charge in [0.2, 0.25) is 5.89 Å². The molecule has 0 spiro atoms. The van der Waals surface area contributed by atoms with Gasteiger partial charge in [0.25, 0.3) is 0 Å². The van der Waals surface area contributed by atoms with Gasteiger partial charge in [0, 0.05) is 5.56 Å². The van der Waals surface area contributed by atoms with Crippen molar-refractivity contribution in [2.75, 3.05) is 6.61 Å². The molecular formula is C21H23NO3. The highest BCUT2D eigenvalue weighted by atomic mass is 16.5. The van der Waals surface area contributed by atoms with E-state index in [0.717, 1.165) is 24.3 Å². The van der Waals surface area contributed by atoms with Crippen LogP contribution in [0.1, 0.15) is 39.0 Å². The highest BCUT2D eigenvalue weighted by Gasteiger charge is 2.08. The van der Waals surface area contributed by atoms with Crippen molar-refractivity contribution in [3.63, 3.8) is 0 Å². The molecule has 0 saturated carbocycles. The number of benzene rings is 2. The smallest absolute Gasteiger partial charge is 0.347 e. The van der Waals surface area contributed by atoms with E-state index in [9.17, 15) is 4.79 Å². The van der Waals surface area contributed by atoms with Gasteiger partial charge >= 0.3 is 5.63 Å². The number of ether oxygens (including phenoxy) is 1. The quantitative estimate of drug-likeness (QED) is 0.530. The average molecular weight is 337 g/mol. The topological polar surface area (TPSA) is 52.3 Å². The van der Waals surface area contributed by atoms with Crippen LogP contribution in [-0.2, 0) is 0 Å². The molecule has 0 amide bonds. The maximum absolute atomic E-state index is 12.1. The lowest BCUT2D eigenvalue weighted by Crippen LogP contribution is -2.02. The van der Waals surface area contributed by atoms with Crippen LogP contribution in [-0.4, -0.2) is 11.6 Å². The van der Waals surface area contributed by atoms with Crippen LogP contribution in [0.3, 0.4) is 0 Å². The molecule has 0 aliphatic heterocycles. The van der Waals surface area contributed by atoms with E-state index in [1.54, 1.807) is 12.1 Å². The number of hydrogen-bond acceptors (Lipinski definition) is 4. The van der Waals surface area contributed by atoms with Crippen LogP contribution in [0, 0.1) is 0 Å². The minimum Gasteiger partial charge on any atom is -0.494 e. The Morgan fingerprint density at radius 1 is 0.960 bits per heavy atom. The summed E-state index contributed by atoms with van der Waals surface area (Å²) in [7, 11) is 0. The number of unbranched alkanes of at least 4 members (excludes halogenated alkanes) is 4. The SMILES string of the molecule is CCCCCCCOc1ccc(-c2nc3ccccc3c(=O)o2)cc1. The summed E-state index contributed by atoms with van der Waals surface area (Å²) in [5, 5.41) is 0.495. The highest BCUT2D eigenvalue weighted by molar-refractivity contribution is 5.78. The van der Waals surface area contributed by atoms with Crippen molar-refractivity contribution in [3.8, 4) is 17.2 Å². The number of nitrogens with zero attached hydrogens (tertiary/aromatic N) is 1. The molecular weight excluding hydrogens is 314 g/mol. The van der Waals surface area contributed by atoms with Gasteiger partial charge in [-0.25, -0.2) is 9.78 Å². The molecule has 0 unspecified atom stereocenters. The maximum atomic E-state index is 12.1. The molecule has 3 rings (SSSR count). The molecule has 2 aromatic carbocycles. The second-order valence-electron chi connectivity index (χ2n) is 6.11. The van der Waals surface area contributed by atoms with Crippen molar-refractivity contribution in [2.45, 2.75) is 39.0 Å². The molecule has 0 atom stereocenters. The molecule has 1 aromatic heterocycles. The molecule has 1 heterocycles. The van der Waals surface area contributed by atoms with E-state index < -0.39 is 0 Å². The second-order valence-corrected chi connectivity index (χ2v) is 6.11. The molecule has 0 bridgehead atoms. The van der Waals surface area contributed by atoms with Gasteiger partial charge in [0.15, 0.2) is 0 Å². The minimum absolute atomic E-state index is 0.329. The van der Waals surface area contributed by atoms with Crippen LogP contribution in [0.25, 0.3) is 22.4 Å². The van der Waals surface area contributed by atoms with Gasteiger partial charge in [-0.3, -0.25) is 0 Å². The van der Waals surface area contributed by atoms with Crippen molar-refractivity contribution in [2.24, 2.45) is 0 Å². The summed E-state index contributed by atoms with van der Waals surface area (Å²) in [6.45, 7) is 2.94. The molecule has 0 saturated heterocycles. The van der Waals surface area contributed by atoms with E-state index in [1.807, 2.05) is 36.4 Å². The zero-order valence-corrected chi connectivity index (χ0v) is 14.5. The number of hydrogen-bond donors (Lipinski definition) is 0. The van der Waals surface area contributed by atoms with Crippen LogP contribution in [0.15, 0.2) is 57.7 Å². The molecule has 3 aromatic rings. The van der Waals surface area contributed by atoms with Gasteiger partial charge in [-0.05, 0) is 42.8 Å². The predicted octanol–water partition coefficient (Wildman–Crippen LogP) is 5.20. The maximum Gasteiger partial charge on any atom is 0.347 e. The van der Waals surface area contributed by atoms with E-state index in [0.29, 0.717) is 16.8 Å².